The van der Waals surface area contributed by atoms with Gasteiger partial charge in [-0.2, -0.15) is 0 Å². The number of barbiturate groups is 1. The molecule has 1 N–H and O–H groups in total. The van der Waals surface area contributed by atoms with Crippen LogP contribution in [-0.2, 0) is 9.59 Å². The van der Waals surface area contributed by atoms with Gasteiger partial charge in [0, 0.05) is 17.1 Å². The summed E-state index contributed by atoms with van der Waals surface area (Å²) in [7, 11) is 0. The highest BCUT2D eigenvalue weighted by Gasteiger charge is 2.37. The molecule has 2 heterocycles. The molecule has 0 spiro atoms. The third-order valence-corrected chi connectivity index (χ3v) is 6.21. The molecule has 0 aliphatic carbocycles. The van der Waals surface area contributed by atoms with E-state index in [0.29, 0.717) is 5.69 Å². The Bertz CT molecular complexity index is 1360. The van der Waals surface area contributed by atoms with E-state index in [2.05, 4.69) is 41.9 Å². The fourth-order valence-corrected chi connectivity index (χ4v) is 4.27. The summed E-state index contributed by atoms with van der Waals surface area (Å²) >= 11 is 0. The lowest BCUT2D eigenvalue weighted by atomic mass is 10.1. The highest BCUT2D eigenvalue weighted by atomic mass is 16.2. The van der Waals surface area contributed by atoms with Gasteiger partial charge in [0.1, 0.15) is 5.57 Å². The molecule has 0 saturated carbocycles. The van der Waals surface area contributed by atoms with Gasteiger partial charge in [-0.3, -0.25) is 14.9 Å². The van der Waals surface area contributed by atoms with E-state index in [1.54, 1.807) is 18.2 Å². The Morgan fingerprint density at radius 1 is 0.788 bits per heavy atom. The minimum absolute atomic E-state index is 0.0753. The predicted molar refractivity (Wildman–Crippen MR) is 130 cm³/mol. The lowest BCUT2D eigenvalue weighted by Crippen LogP contribution is -2.54. The van der Waals surface area contributed by atoms with Crippen LogP contribution in [0.1, 0.15) is 39.2 Å². The molecule has 6 heteroatoms. The van der Waals surface area contributed by atoms with E-state index in [-0.39, 0.29) is 5.57 Å². The minimum atomic E-state index is -0.744. The minimum Gasteiger partial charge on any atom is -0.318 e. The first kappa shape index (κ1) is 22.3. The highest BCUT2D eigenvalue weighted by molar-refractivity contribution is 6.39. The maximum atomic E-state index is 13.3. The monoisotopic (exact) mass is 441 g/mol. The third kappa shape index (κ3) is 3.89. The number of imide groups is 2. The van der Waals surface area contributed by atoms with E-state index in [1.165, 1.54) is 5.56 Å². The molecule has 1 aliphatic rings. The molecule has 0 radical (unpaired) electrons. The highest BCUT2D eigenvalue weighted by Crippen LogP contribution is 2.28. The van der Waals surface area contributed by atoms with E-state index >= 15 is 0 Å². The number of urea groups is 1. The second kappa shape index (κ2) is 8.20. The average Bonchev–Trinajstić information content (AvgIpc) is 3.01. The number of nitrogens with one attached hydrogen (secondary N) is 1. The van der Waals surface area contributed by atoms with E-state index in [0.717, 1.165) is 44.2 Å². The maximum absolute atomic E-state index is 13.3. The van der Waals surface area contributed by atoms with Gasteiger partial charge >= 0.3 is 6.03 Å². The molecule has 1 fully saturated rings. The number of hydrogen-bond acceptors (Lipinski definition) is 3. The zero-order valence-corrected chi connectivity index (χ0v) is 19.7. The topological polar surface area (TPSA) is 71.4 Å². The largest absolute Gasteiger partial charge is 0.335 e. The summed E-state index contributed by atoms with van der Waals surface area (Å²) in [6.45, 7) is 11.9. The Morgan fingerprint density at radius 3 is 2.18 bits per heavy atom. The molecule has 0 unspecified atom stereocenters. The zero-order valence-electron chi connectivity index (χ0n) is 19.7. The summed E-state index contributed by atoms with van der Waals surface area (Å²) < 4.78 is 2.11. The lowest BCUT2D eigenvalue weighted by Gasteiger charge is -2.26. The van der Waals surface area contributed by atoms with E-state index < -0.39 is 17.8 Å². The van der Waals surface area contributed by atoms with Gasteiger partial charge in [0.05, 0.1) is 5.69 Å². The summed E-state index contributed by atoms with van der Waals surface area (Å²) in [6, 6.07) is 12.8. The van der Waals surface area contributed by atoms with Gasteiger partial charge < -0.3 is 4.57 Å². The van der Waals surface area contributed by atoms with Gasteiger partial charge in [0.25, 0.3) is 11.8 Å². The molecule has 0 atom stereocenters. The van der Waals surface area contributed by atoms with E-state index in [4.69, 9.17) is 0 Å². The molecule has 0 bridgehead atoms. The summed E-state index contributed by atoms with van der Waals surface area (Å²) in [5.74, 6) is -1.33. The number of aromatic nitrogens is 1. The van der Waals surface area contributed by atoms with Crippen molar-refractivity contribution in [3.05, 3.63) is 87.2 Å². The molecule has 33 heavy (non-hydrogen) atoms. The smallest absolute Gasteiger partial charge is 0.318 e. The lowest BCUT2D eigenvalue weighted by molar-refractivity contribution is -0.122. The Morgan fingerprint density at radius 2 is 1.52 bits per heavy atom. The van der Waals surface area contributed by atoms with Crippen LogP contribution in [0.4, 0.5) is 10.5 Å². The second-order valence-electron chi connectivity index (χ2n) is 8.68. The third-order valence-electron chi connectivity index (χ3n) is 6.21. The van der Waals surface area contributed by atoms with Crippen LogP contribution in [0.3, 0.4) is 0 Å². The van der Waals surface area contributed by atoms with Crippen molar-refractivity contribution >= 4 is 29.6 Å². The Labute approximate surface area is 193 Å². The fourth-order valence-electron chi connectivity index (χ4n) is 4.27. The fraction of sp³-hybridized carbons (Fsp3) is 0.222. The molecule has 1 saturated heterocycles. The van der Waals surface area contributed by atoms with E-state index in [9.17, 15) is 14.4 Å². The van der Waals surface area contributed by atoms with Gasteiger partial charge in [-0.1, -0.05) is 23.8 Å². The Balaban J connectivity index is 1.78. The van der Waals surface area contributed by atoms with Crippen molar-refractivity contribution in [1.29, 1.82) is 0 Å². The number of anilines is 1. The van der Waals surface area contributed by atoms with Gasteiger partial charge in [0.15, 0.2) is 0 Å². The van der Waals surface area contributed by atoms with Crippen LogP contribution in [0, 0.1) is 41.5 Å². The van der Waals surface area contributed by atoms with Crippen LogP contribution < -0.4 is 10.2 Å². The molecular formula is C27H27N3O3. The quantitative estimate of drug-likeness (QED) is 0.460. The first-order chi connectivity index (χ1) is 15.6. The molecule has 6 nitrogen and oxygen atoms in total. The van der Waals surface area contributed by atoms with Crippen LogP contribution in [0.25, 0.3) is 11.8 Å². The van der Waals surface area contributed by atoms with Crippen LogP contribution in [0.2, 0.25) is 0 Å². The molecule has 2 aromatic carbocycles. The van der Waals surface area contributed by atoms with Crippen molar-refractivity contribution in [3.63, 3.8) is 0 Å². The number of benzene rings is 2. The first-order valence-corrected chi connectivity index (χ1v) is 10.8. The van der Waals surface area contributed by atoms with Gasteiger partial charge in [0.2, 0.25) is 0 Å². The van der Waals surface area contributed by atoms with Crippen LogP contribution >= 0.6 is 0 Å². The molecule has 1 aromatic heterocycles. The van der Waals surface area contributed by atoms with E-state index in [1.807, 2.05) is 39.8 Å². The van der Waals surface area contributed by atoms with Crippen LogP contribution in [-0.4, -0.2) is 22.4 Å². The Kier molecular flexibility index (Phi) is 5.54. The number of carbonyl (C=O) groups is 3. The summed E-state index contributed by atoms with van der Waals surface area (Å²) in [4.78, 5) is 39.5. The molecule has 3 aromatic rings. The van der Waals surface area contributed by atoms with Crippen molar-refractivity contribution < 1.29 is 14.4 Å². The number of hydrogen-bond donors (Lipinski definition) is 1. The van der Waals surface area contributed by atoms with Crippen molar-refractivity contribution in [3.8, 4) is 5.69 Å². The summed E-state index contributed by atoms with van der Waals surface area (Å²) in [5.41, 5.74) is 8.36. The number of carbonyl (C=O) groups excluding carboxylic acids is 3. The normalized spacial score (nSPS) is 15.4. The zero-order chi connectivity index (χ0) is 24.0. The molecule has 4 amide bonds. The van der Waals surface area contributed by atoms with Crippen LogP contribution in [0.5, 0.6) is 0 Å². The van der Waals surface area contributed by atoms with Gasteiger partial charge in [-0.25, -0.2) is 9.69 Å². The standard InChI is InChI=1S/C27H27N3O3/c1-15-7-10-24(18(4)11-15)29-19(5)13-21(20(29)6)14-23-25(31)28-27(33)30(26(23)32)22-9-8-16(2)17(3)12-22/h7-14H,1-6H3,(H,28,31,33)/b23-14+. The van der Waals surface area contributed by atoms with Crippen LogP contribution in [0.15, 0.2) is 48.0 Å². The molecule has 4 rings (SSSR count). The summed E-state index contributed by atoms with van der Waals surface area (Å²) in [6.07, 6.45) is 1.57. The number of rotatable bonds is 3. The molecular weight excluding hydrogens is 414 g/mol. The van der Waals surface area contributed by atoms with Crippen molar-refractivity contribution in [1.82, 2.24) is 9.88 Å². The maximum Gasteiger partial charge on any atom is 0.335 e. The first-order valence-electron chi connectivity index (χ1n) is 10.8. The SMILES string of the molecule is Cc1ccc(-n2c(C)cc(/C=C3\C(=O)NC(=O)N(c4ccc(C)c(C)c4)C3=O)c2C)c(C)c1. The van der Waals surface area contributed by atoms with Gasteiger partial charge in [-0.15, -0.1) is 0 Å². The second-order valence-corrected chi connectivity index (χ2v) is 8.68. The molecule has 168 valence electrons. The number of aryl methyl sites for hydroxylation is 5. The van der Waals surface area contributed by atoms with Crippen molar-refractivity contribution in [2.24, 2.45) is 0 Å². The number of amides is 4. The molecule has 1 aliphatic heterocycles. The predicted octanol–water partition coefficient (Wildman–Crippen LogP) is 4.99. The van der Waals surface area contributed by atoms with Crippen molar-refractivity contribution in [2.75, 3.05) is 4.90 Å². The van der Waals surface area contributed by atoms with Crippen molar-refractivity contribution in [2.45, 2.75) is 41.5 Å². The van der Waals surface area contributed by atoms with Gasteiger partial charge in [-0.05, 0) is 94.1 Å². The number of nitrogens with zero attached hydrogens (tertiary/aromatic N) is 2. The Hall–Kier alpha value is -3.93. The summed E-state index contributed by atoms with van der Waals surface area (Å²) in [5, 5.41) is 2.30. The average molecular weight is 442 g/mol.